The molecule has 1 N–H and O–H groups in total. The Labute approximate surface area is 124 Å². The Kier molecular flexibility index (Phi) is 5.52. The number of thioether (sulfide) groups is 1. The third kappa shape index (κ3) is 4.30. The number of amides is 2. The summed E-state index contributed by atoms with van der Waals surface area (Å²) in [4.78, 5) is 18.2. The molecule has 1 aliphatic heterocycles. The van der Waals surface area contributed by atoms with Crippen LogP contribution < -0.4 is 10.1 Å². The Morgan fingerprint density at radius 3 is 3.15 bits per heavy atom. The molecular weight excluding hydrogens is 274 g/mol. The van der Waals surface area contributed by atoms with Crippen molar-refractivity contribution in [1.29, 1.82) is 0 Å². The van der Waals surface area contributed by atoms with Crippen molar-refractivity contribution in [3.8, 4) is 5.88 Å². The van der Waals surface area contributed by atoms with E-state index in [1.165, 1.54) is 0 Å². The zero-order chi connectivity index (χ0) is 14.4. The first-order valence-corrected chi connectivity index (χ1v) is 8.07. The van der Waals surface area contributed by atoms with E-state index in [0.717, 1.165) is 24.6 Å². The van der Waals surface area contributed by atoms with Crippen LogP contribution >= 0.6 is 11.8 Å². The van der Waals surface area contributed by atoms with E-state index in [1.807, 2.05) is 29.7 Å². The van der Waals surface area contributed by atoms with Crippen LogP contribution in [-0.2, 0) is 0 Å². The molecule has 1 aliphatic rings. The molecule has 1 fully saturated rings. The smallest absolute Gasteiger partial charge is 0.321 e. The Morgan fingerprint density at radius 2 is 2.45 bits per heavy atom. The molecule has 2 heterocycles. The van der Waals surface area contributed by atoms with Crippen molar-refractivity contribution < 1.29 is 9.53 Å². The number of rotatable bonds is 3. The highest BCUT2D eigenvalue weighted by molar-refractivity contribution is 7.99. The molecule has 1 aromatic rings. The second kappa shape index (κ2) is 7.38. The van der Waals surface area contributed by atoms with E-state index in [4.69, 9.17) is 4.74 Å². The average molecular weight is 295 g/mol. The number of nitrogens with one attached hydrogen (secondary N) is 1. The average Bonchev–Trinajstić information content (AvgIpc) is 2.66. The fraction of sp³-hybridized carbons (Fsp3) is 0.571. The highest BCUT2D eigenvalue weighted by Gasteiger charge is 2.19. The summed E-state index contributed by atoms with van der Waals surface area (Å²) in [7, 11) is 0. The van der Waals surface area contributed by atoms with Crippen molar-refractivity contribution in [3.05, 3.63) is 18.3 Å². The summed E-state index contributed by atoms with van der Waals surface area (Å²) in [5.74, 6) is 3.23. The molecule has 20 heavy (non-hydrogen) atoms. The fourth-order valence-corrected chi connectivity index (χ4v) is 3.08. The van der Waals surface area contributed by atoms with Crippen molar-refractivity contribution in [1.82, 2.24) is 9.88 Å². The van der Waals surface area contributed by atoms with Crippen molar-refractivity contribution >= 4 is 23.5 Å². The van der Waals surface area contributed by atoms with Gasteiger partial charge < -0.3 is 15.0 Å². The van der Waals surface area contributed by atoms with Gasteiger partial charge >= 0.3 is 6.03 Å². The summed E-state index contributed by atoms with van der Waals surface area (Å²) in [5.41, 5.74) is 0.697. The second-order valence-corrected chi connectivity index (χ2v) is 6.02. The maximum absolute atomic E-state index is 12.2. The first-order valence-electron chi connectivity index (χ1n) is 6.91. The number of anilines is 1. The minimum atomic E-state index is -0.0506. The predicted molar refractivity (Wildman–Crippen MR) is 82.5 cm³/mol. The number of urea groups is 1. The van der Waals surface area contributed by atoms with Crippen LogP contribution in [0.15, 0.2) is 18.3 Å². The molecular formula is C14H21N3O2S. The number of ether oxygens (including phenoxy) is 1. The lowest BCUT2D eigenvalue weighted by atomic mass is 10.2. The summed E-state index contributed by atoms with van der Waals surface area (Å²) in [6.07, 6.45) is 1.62. The highest BCUT2D eigenvalue weighted by atomic mass is 32.2. The quantitative estimate of drug-likeness (QED) is 0.931. The van der Waals surface area contributed by atoms with Crippen LogP contribution in [0.1, 0.15) is 13.8 Å². The van der Waals surface area contributed by atoms with Gasteiger partial charge in [0, 0.05) is 24.9 Å². The number of pyridine rings is 1. The highest BCUT2D eigenvalue weighted by Crippen LogP contribution is 2.17. The molecule has 0 spiro atoms. The normalized spacial score (nSPS) is 19.3. The second-order valence-electron chi connectivity index (χ2n) is 4.87. The minimum Gasteiger partial charge on any atom is -0.478 e. The Bertz CT molecular complexity index is 439. The molecule has 1 atom stereocenters. The number of carbonyl (C=O) groups is 1. The largest absolute Gasteiger partial charge is 0.478 e. The van der Waals surface area contributed by atoms with E-state index in [2.05, 4.69) is 17.2 Å². The van der Waals surface area contributed by atoms with Gasteiger partial charge in [-0.1, -0.05) is 6.92 Å². The topological polar surface area (TPSA) is 54.5 Å². The molecule has 0 bridgehead atoms. The van der Waals surface area contributed by atoms with Gasteiger partial charge in [-0.05, 0) is 24.7 Å². The number of aromatic nitrogens is 1. The molecule has 0 aliphatic carbocycles. The van der Waals surface area contributed by atoms with E-state index < -0.39 is 0 Å². The maximum Gasteiger partial charge on any atom is 0.321 e. The molecule has 6 heteroatoms. The van der Waals surface area contributed by atoms with Crippen LogP contribution in [0.4, 0.5) is 10.5 Å². The first-order chi connectivity index (χ1) is 9.69. The number of nitrogens with zero attached hydrogens (tertiary/aromatic N) is 2. The van der Waals surface area contributed by atoms with Crippen LogP contribution in [0.5, 0.6) is 5.88 Å². The van der Waals surface area contributed by atoms with Gasteiger partial charge in [0.25, 0.3) is 0 Å². The molecule has 2 amide bonds. The van der Waals surface area contributed by atoms with Crippen molar-refractivity contribution in [2.75, 3.05) is 36.5 Å². The van der Waals surface area contributed by atoms with Crippen LogP contribution in [0.25, 0.3) is 0 Å². The lowest BCUT2D eigenvalue weighted by Gasteiger charge is -2.22. The van der Waals surface area contributed by atoms with Gasteiger partial charge in [-0.2, -0.15) is 11.8 Å². The Balaban J connectivity index is 1.92. The first kappa shape index (κ1) is 15.0. The zero-order valence-corrected chi connectivity index (χ0v) is 12.8. The van der Waals surface area contributed by atoms with Gasteiger partial charge in [0.1, 0.15) is 0 Å². The van der Waals surface area contributed by atoms with Crippen LogP contribution in [-0.4, -0.2) is 47.1 Å². The summed E-state index contributed by atoms with van der Waals surface area (Å²) >= 11 is 1.91. The Hall–Kier alpha value is -1.43. The molecule has 1 saturated heterocycles. The molecule has 2 rings (SSSR count). The molecule has 0 saturated carbocycles. The lowest BCUT2D eigenvalue weighted by Crippen LogP contribution is -2.38. The van der Waals surface area contributed by atoms with Crippen molar-refractivity contribution in [2.45, 2.75) is 13.8 Å². The van der Waals surface area contributed by atoms with E-state index >= 15 is 0 Å². The van der Waals surface area contributed by atoms with E-state index in [1.54, 1.807) is 12.3 Å². The van der Waals surface area contributed by atoms with Crippen molar-refractivity contribution in [3.63, 3.8) is 0 Å². The zero-order valence-electron chi connectivity index (χ0n) is 12.0. The standard InChI is InChI=1S/C14H21N3O2S/c1-3-19-13-5-4-12(8-15-13)16-14(18)17-6-7-20-10-11(2)9-17/h4-5,8,11H,3,6-7,9-10H2,1-2H3,(H,16,18)/t11-/m1/s1. The van der Waals surface area contributed by atoms with E-state index in [0.29, 0.717) is 24.1 Å². The van der Waals surface area contributed by atoms with E-state index in [-0.39, 0.29) is 6.03 Å². The summed E-state index contributed by atoms with van der Waals surface area (Å²) < 4.78 is 5.28. The van der Waals surface area contributed by atoms with Crippen LogP contribution in [0.2, 0.25) is 0 Å². The lowest BCUT2D eigenvalue weighted by molar-refractivity contribution is 0.210. The molecule has 0 unspecified atom stereocenters. The number of hydrogen-bond donors (Lipinski definition) is 1. The SMILES string of the molecule is CCOc1ccc(NC(=O)N2CCSC[C@H](C)C2)cn1. The predicted octanol–water partition coefficient (Wildman–Crippen LogP) is 2.70. The van der Waals surface area contributed by atoms with Gasteiger partial charge in [0.05, 0.1) is 18.5 Å². The third-order valence-corrected chi connectivity index (χ3v) is 4.28. The minimum absolute atomic E-state index is 0.0506. The summed E-state index contributed by atoms with van der Waals surface area (Å²) in [6, 6.07) is 3.52. The van der Waals surface area contributed by atoms with Gasteiger partial charge in [0.2, 0.25) is 5.88 Å². The van der Waals surface area contributed by atoms with E-state index in [9.17, 15) is 4.79 Å². The Morgan fingerprint density at radius 1 is 1.60 bits per heavy atom. The van der Waals surface area contributed by atoms with Gasteiger partial charge in [-0.3, -0.25) is 0 Å². The fourth-order valence-electron chi connectivity index (χ4n) is 2.05. The summed E-state index contributed by atoms with van der Waals surface area (Å²) in [6.45, 7) is 6.28. The van der Waals surface area contributed by atoms with Crippen molar-refractivity contribution in [2.24, 2.45) is 5.92 Å². The van der Waals surface area contributed by atoms with Crippen LogP contribution in [0, 0.1) is 5.92 Å². The molecule has 0 radical (unpaired) electrons. The monoisotopic (exact) mass is 295 g/mol. The molecule has 0 aromatic carbocycles. The number of hydrogen-bond acceptors (Lipinski definition) is 4. The maximum atomic E-state index is 12.2. The van der Waals surface area contributed by atoms with Gasteiger partial charge in [0.15, 0.2) is 0 Å². The third-order valence-electron chi connectivity index (χ3n) is 3.01. The molecule has 110 valence electrons. The van der Waals surface area contributed by atoms with Crippen LogP contribution in [0.3, 0.4) is 0 Å². The van der Waals surface area contributed by atoms with Gasteiger partial charge in [-0.15, -0.1) is 0 Å². The number of carbonyl (C=O) groups excluding carboxylic acids is 1. The summed E-state index contributed by atoms with van der Waals surface area (Å²) in [5, 5.41) is 2.89. The molecule has 1 aromatic heterocycles. The molecule has 5 nitrogen and oxygen atoms in total. The van der Waals surface area contributed by atoms with Gasteiger partial charge in [-0.25, -0.2) is 9.78 Å².